The monoisotopic (exact) mass is 509 g/mol. The molecule has 0 spiro atoms. The van der Waals surface area contributed by atoms with Crippen LogP contribution in [0.5, 0.6) is 11.5 Å². The average Bonchev–Trinajstić information content (AvgIpc) is 2.80. The molecular weight excluding hydrogens is 470 g/mol. The maximum absolute atomic E-state index is 12.5. The van der Waals surface area contributed by atoms with Gasteiger partial charge in [-0.15, -0.1) is 0 Å². The van der Waals surface area contributed by atoms with Crippen molar-refractivity contribution < 1.29 is 42.9 Å². The van der Waals surface area contributed by atoms with Crippen LogP contribution in [-0.4, -0.2) is 48.9 Å². The van der Waals surface area contributed by atoms with Crippen LogP contribution >= 0.6 is 0 Å². The topological polar surface area (TPSA) is 140 Å². The Balaban J connectivity index is 2.83. The molecule has 0 saturated carbocycles. The van der Waals surface area contributed by atoms with Crippen molar-refractivity contribution in [3.63, 3.8) is 0 Å². The lowest BCUT2D eigenvalue weighted by Gasteiger charge is -2.22. The van der Waals surface area contributed by atoms with E-state index in [0.717, 1.165) is 12.8 Å². The Labute approximate surface area is 212 Å². The van der Waals surface area contributed by atoms with Crippen molar-refractivity contribution in [2.75, 3.05) is 6.61 Å². The van der Waals surface area contributed by atoms with Gasteiger partial charge in [-0.25, -0.2) is 4.79 Å². The van der Waals surface area contributed by atoms with Gasteiger partial charge in [0.2, 0.25) is 0 Å². The number of ether oxygens (including phenoxy) is 5. The highest BCUT2D eigenvalue weighted by molar-refractivity contribution is 5.78. The summed E-state index contributed by atoms with van der Waals surface area (Å²) in [6.45, 7) is 12.1. The summed E-state index contributed by atoms with van der Waals surface area (Å²) in [6, 6.07) is 3.55. The summed E-state index contributed by atoms with van der Waals surface area (Å²) in [7, 11) is 0. The molecule has 0 amide bonds. The van der Waals surface area contributed by atoms with Crippen LogP contribution in [0.15, 0.2) is 18.2 Å². The molecule has 0 aliphatic heterocycles. The molecule has 1 aromatic rings. The number of hydrogen-bond donors (Lipinski definition) is 1. The number of carbonyl (C=O) groups excluding carboxylic acids is 4. The van der Waals surface area contributed by atoms with Crippen molar-refractivity contribution in [2.45, 2.75) is 86.0 Å². The molecule has 0 heterocycles. The number of esters is 3. The van der Waals surface area contributed by atoms with E-state index in [0.29, 0.717) is 5.56 Å². The first-order valence-electron chi connectivity index (χ1n) is 12.2. The van der Waals surface area contributed by atoms with E-state index >= 15 is 0 Å². The molecule has 0 aliphatic rings. The van der Waals surface area contributed by atoms with Crippen LogP contribution in [0.25, 0.3) is 0 Å². The maximum atomic E-state index is 12.5. The van der Waals surface area contributed by atoms with Gasteiger partial charge in [-0.3, -0.25) is 14.4 Å². The highest BCUT2D eigenvalue weighted by Crippen LogP contribution is 2.30. The fourth-order valence-corrected chi connectivity index (χ4v) is 2.58. The molecule has 0 aliphatic carbocycles. The van der Waals surface area contributed by atoms with Gasteiger partial charge in [0.25, 0.3) is 0 Å². The van der Waals surface area contributed by atoms with E-state index in [9.17, 15) is 19.2 Å². The Morgan fingerprint density at radius 1 is 0.806 bits per heavy atom. The molecule has 10 heteroatoms. The third-order valence-electron chi connectivity index (χ3n) is 5.09. The van der Waals surface area contributed by atoms with Gasteiger partial charge in [-0.2, -0.15) is 0 Å². The van der Waals surface area contributed by atoms with E-state index in [1.165, 1.54) is 12.1 Å². The quantitative estimate of drug-likeness (QED) is 0.236. The van der Waals surface area contributed by atoms with Gasteiger partial charge < -0.3 is 29.4 Å². The van der Waals surface area contributed by atoms with Crippen molar-refractivity contribution >= 4 is 24.1 Å². The molecule has 0 bridgehead atoms. The van der Waals surface area contributed by atoms with Crippen LogP contribution in [0, 0.1) is 11.8 Å². The molecule has 0 unspecified atom stereocenters. The lowest BCUT2D eigenvalue weighted by molar-refractivity contribution is -0.155. The Bertz CT molecular complexity index is 897. The van der Waals surface area contributed by atoms with Crippen LogP contribution < -0.4 is 15.2 Å². The van der Waals surface area contributed by atoms with Crippen LogP contribution in [0.2, 0.25) is 0 Å². The van der Waals surface area contributed by atoms with Crippen molar-refractivity contribution in [1.29, 1.82) is 0 Å². The second kappa shape index (κ2) is 15.1. The molecule has 2 N–H and O–H groups in total. The predicted octanol–water partition coefficient (Wildman–Crippen LogP) is 3.95. The molecule has 0 fully saturated rings. The number of nitrogens with two attached hydrogens (primary N) is 1. The van der Waals surface area contributed by atoms with Crippen LogP contribution in [0.1, 0.15) is 66.9 Å². The minimum absolute atomic E-state index is 0.0535. The fourth-order valence-electron chi connectivity index (χ4n) is 2.58. The number of rotatable bonds is 13. The van der Waals surface area contributed by atoms with Crippen LogP contribution in [0.3, 0.4) is 0 Å². The minimum atomic E-state index is -1.05. The van der Waals surface area contributed by atoms with E-state index < -0.39 is 48.2 Å². The molecular formula is C26H39NO9. The number of carbonyl (C=O) groups is 4. The van der Waals surface area contributed by atoms with Gasteiger partial charge in [-0.1, -0.05) is 47.1 Å². The van der Waals surface area contributed by atoms with Gasteiger partial charge in [0, 0.05) is 0 Å². The zero-order chi connectivity index (χ0) is 27.4. The van der Waals surface area contributed by atoms with Gasteiger partial charge >= 0.3 is 24.1 Å². The molecule has 0 saturated heterocycles. The average molecular weight is 510 g/mol. The molecule has 36 heavy (non-hydrogen) atoms. The zero-order valence-corrected chi connectivity index (χ0v) is 22.2. The van der Waals surface area contributed by atoms with Crippen LogP contribution in [0.4, 0.5) is 4.79 Å². The first kappa shape index (κ1) is 30.9. The Kier molecular flexibility index (Phi) is 12.9. The van der Waals surface area contributed by atoms with Gasteiger partial charge in [0.05, 0.1) is 18.4 Å². The Morgan fingerprint density at radius 3 is 1.92 bits per heavy atom. The number of hydrogen-bond acceptors (Lipinski definition) is 10. The summed E-state index contributed by atoms with van der Waals surface area (Å²) in [5, 5.41) is 0. The molecule has 1 rings (SSSR count). The molecule has 0 aromatic heterocycles. The van der Waals surface area contributed by atoms with Gasteiger partial charge in [0.1, 0.15) is 18.2 Å². The summed E-state index contributed by atoms with van der Waals surface area (Å²) in [5.74, 6) is -2.33. The second-order valence-corrected chi connectivity index (χ2v) is 9.16. The predicted molar refractivity (Wildman–Crippen MR) is 131 cm³/mol. The van der Waals surface area contributed by atoms with Gasteiger partial charge in [-0.05, 0) is 44.4 Å². The smallest absolute Gasteiger partial charge is 0.458 e. The Morgan fingerprint density at radius 2 is 1.36 bits per heavy atom. The standard InChI is InChI=1S/C26H39NO9/c1-8-9-12-32-26(31)34-18(7)17(6)33-25(30)20(27)13-19-10-11-21(35-23(28)15(2)3)22(14-19)36-24(29)16(4)5/h10-11,14-18,20H,8-9,12-13,27H2,1-7H3/t17-,18-,20-/m0/s1. The van der Waals surface area contributed by atoms with E-state index in [-0.39, 0.29) is 30.4 Å². The van der Waals surface area contributed by atoms with Crippen molar-refractivity contribution in [3.05, 3.63) is 23.8 Å². The molecule has 10 nitrogen and oxygen atoms in total. The summed E-state index contributed by atoms with van der Waals surface area (Å²) in [4.78, 5) is 48.4. The summed E-state index contributed by atoms with van der Waals surface area (Å²) < 4.78 is 26.2. The van der Waals surface area contributed by atoms with E-state index in [1.54, 1.807) is 47.6 Å². The third kappa shape index (κ3) is 10.6. The molecule has 1 aromatic carbocycles. The largest absolute Gasteiger partial charge is 0.508 e. The zero-order valence-electron chi connectivity index (χ0n) is 22.2. The number of benzene rings is 1. The lowest BCUT2D eigenvalue weighted by Crippen LogP contribution is -2.39. The van der Waals surface area contributed by atoms with Crippen molar-refractivity contribution in [1.82, 2.24) is 0 Å². The fraction of sp³-hybridized carbons (Fsp3) is 0.615. The van der Waals surface area contributed by atoms with Crippen molar-refractivity contribution in [2.24, 2.45) is 17.6 Å². The maximum Gasteiger partial charge on any atom is 0.508 e. The summed E-state index contributed by atoms with van der Waals surface area (Å²) in [6.07, 6.45) is -0.672. The van der Waals surface area contributed by atoms with E-state index in [2.05, 4.69) is 0 Å². The van der Waals surface area contributed by atoms with E-state index in [4.69, 9.17) is 29.4 Å². The molecule has 0 radical (unpaired) electrons. The third-order valence-corrected chi connectivity index (χ3v) is 5.09. The van der Waals surface area contributed by atoms with Crippen molar-refractivity contribution in [3.8, 4) is 11.5 Å². The summed E-state index contributed by atoms with van der Waals surface area (Å²) in [5.41, 5.74) is 6.60. The van der Waals surface area contributed by atoms with E-state index in [1.807, 2.05) is 6.92 Å². The SMILES string of the molecule is CCCCOC(=O)O[C@@H](C)[C@H](C)OC(=O)[C@@H](N)Cc1ccc(OC(=O)C(C)C)c(OC(=O)C(C)C)c1. The summed E-state index contributed by atoms with van der Waals surface area (Å²) >= 11 is 0. The highest BCUT2D eigenvalue weighted by atomic mass is 16.7. The molecule has 202 valence electrons. The lowest BCUT2D eigenvalue weighted by atomic mass is 10.1. The first-order chi connectivity index (χ1) is 16.8. The minimum Gasteiger partial charge on any atom is -0.458 e. The normalized spacial score (nSPS) is 13.5. The number of unbranched alkanes of at least 4 members (excludes halogenated alkanes) is 1. The second-order valence-electron chi connectivity index (χ2n) is 9.16. The van der Waals surface area contributed by atoms with Gasteiger partial charge in [0.15, 0.2) is 11.5 Å². The van der Waals surface area contributed by atoms with Crippen LogP contribution in [-0.2, 0) is 35.0 Å². The Hall–Kier alpha value is -3.14. The first-order valence-corrected chi connectivity index (χ1v) is 12.2. The highest BCUT2D eigenvalue weighted by Gasteiger charge is 2.25. The molecule has 3 atom stereocenters.